The molecule has 9 nitrogen and oxygen atoms in total. The number of rotatable bonds is 13. The first-order valence-corrected chi connectivity index (χ1v) is 15.5. The van der Waals surface area contributed by atoms with Crippen molar-refractivity contribution in [3.8, 4) is 5.75 Å². The van der Waals surface area contributed by atoms with Crippen molar-refractivity contribution < 1.29 is 33.4 Å². The van der Waals surface area contributed by atoms with Crippen LogP contribution in [0.25, 0.3) is 0 Å². The van der Waals surface area contributed by atoms with Crippen LogP contribution in [0.5, 0.6) is 5.75 Å². The zero-order valence-electron chi connectivity index (χ0n) is 26.6. The minimum atomic E-state index is -1.10. The number of likely N-dealkylation sites (tertiary alicyclic amines) is 1. The highest BCUT2D eigenvalue weighted by Crippen LogP contribution is 2.46. The molecule has 0 spiro atoms. The van der Waals surface area contributed by atoms with Gasteiger partial charge in [0.05, 0.1) is 11.6 Å². The molecule has 3 aromatic carbocycles. The fourth-order valence-corrected chi connectivity index (χ4v) is 5.45. The van der Waals surface area contributed by atoms with E-state index in [0.29, 0.717) is 18.6 Å². The number of urea groups is 1. The highest BCUT2D eigenvalue weighted by atomic mass is 16.6. The van der Waals surface area contributed by atoms with E-state index in [1.807, 2.05) is 82.3 Å². The van der Waals surface area contributed by atoms with Crippen molar-refractivity contribution in [2.24, 2.45) is 5.41 Å². The summed E-state index contributed by atoms with van der Waals surface area (Å²) in [6, 6.07) is 22.6. The van der Waals surface area contributed by atoms with Crippen molar-refractivity contribution in [3.05, 3.63) is 101 Å². The van der Waals surface area contributed by atoms with E-state index in [1.165, 1.54) is 19.1 Å². The highest BCUT2D eigenvalue weighted by molar-refractivity contribution is 6.03. The number of β-lactam (4-membered cyclic amide) rings is 1. The monoisotopic (exact) mass is 614 g/mol. The largest absolute Gasteiger partial charge is 0.469 e. The number of aryl methyl sites for hydroxylation is 1. The number of hydrogen-bond acceptors (Lipinski definition) is 7. The van der Waals surface area contributed by atoms with Gasteiger partial charge in [0.1, 0.15) is 17.8 Å². The fraction of sp³-hybridized carbons (Fsp3) is 0.389. The van der Waals surface area contributed by atoms with Crippen LogP contribution in [0.2, 0.25) is 0 Å². The Morgan fingerprint density at radius 2 is 1.56 bits per heavy atom. The number of carbonyl (C=O) groups is 4. The first-order valence-electron chi connectivity index (χ1n) is 15.5. The standard InChI is InChI=1S/C36H42N2O7/c1-6-12-30(27-17-15-24(4)16-18-27)37-35(42)38-33(41)36(7-2,8-3)34(38)45-29-21-19-28(20-22-29)32(40)44-25(5)31(39)43-23-26-13-10-9-11-14-26/h9-11,13-22,25,30,34H,6-8,12,23H2,1-5H3,(H,37,42)/t25-,30-,34-/m0/s1. The molecule has 238 valence electrons. The van der Waals surface area contributed by atoms with Gasteiger partial charge in [-0.05, 0) is 68.5 Å². The Balaban J connectivity index is 1.41. The molecule has 1 fully saturated rings. The number of ether oxygens (including phenoxy) is 3. The second-order valence-electron chi connectivity index (χ2n) is 11.4. The molecular weight excluding hydrogens is 572 g/mol. The number of carbonyl (C=O) groups excluding carboxylic acids is 4. The Hall–Kier alpha value is -4.66. The van der Waals surface area contributed by atoms with E-state index < -0.39 is 35.7 Å². The summed E-state index contributed by atoms with van der Waals surface area (Å²) in [5.41, 5.74) is 2.28. The smallest absolute Gasteiger partial charge is 0.347 e. The van der Waals surface area contributed by atoms with E-state index in [1.54, 1.807) is 12.1 Å². The summed E-state index contributed by atoms with van der Waals surface area (Å²) < 4.78 is 16.8. The first kappa shape index (κ1) is 33.2. The molecular formula is C36H42N2O7. The molecule has 1 heterocycles. The molecule has 3 atom stereocenters. The van der Waals surface area contributed by atoms with Crippen LogP contribution in [0.3, 0.4) is 0 Å². The van der Waals surface area contributed by atoms with Crippen LogP contribution in [0.15, 0.2) is 78.9 Å². The van der Waals surface area contributed by atoms with Crippen molar-refractivity contribution in [3.63, 3.8) is 0 Å². The molecule has 0 aliphatic carbocycles. The van der Waals surface area contributed by atoms with Gasteiger partial charge in [0.25, 0.3) is 0 Å². The zero-order chi connectivity index (χ0) is 32.6. The number of nitrogens with one attached hydrogen (secondary N) is 1. The molecule has 0 radical (unpaired) electrons. The van der Waals surface area contributed by atoms with Gasteiger partial charge in [-0.15, -0.1) is 0 Å². The molecule has 0 bridgehead atoms. The first-order chi connectivity index (χ1) is 21.6. The van der Waals surface area contributed by atoms with Crippen molar-refractivity contribution >= 4 is 23.9 Å². The van der Waals surface area contributed by atoms with Crippen LogP contribution >= 0.6 is 0 Å². The summed E-state index contributed by atoms with van der Waals surface area (Å²) in [7, 11) is 0. The van der Waals surface area contributed by atoms with E-state index in [4.69, 9.17) is 14.2 Å². The van der Waals surface area contributed by atoms with Gasteiger partial charge in [-0.3, -0.25) is 4.79 Å². The average Bonchev–Trinajstić information content (AvgIpc) is 3.05. The summed E-state index contributed by atoms with van der Waals surface area (Å²) >= 11 is 0. The summed E-state index contributed by atoms with van der Waals surface area (Å²) in [5, 5.41) is 3.04. The van der Waals surface area contributed by atoms with Crippen LogP contribution in [0.1, 0.15) is 86.5 Å². The van der Waals surface area contributed by atoms with Gasteiger partial charge in [-0.25, -0.2) is 19.3 Å². The average molecular weight is 615 g/mol. The lowest BCUT2D eigenvalue weighted by molar-refractivity contribution is -0.191. The van der Waals surface area contributed by atoms with E-state index in [0.717, 1.165) is 34.4 Å². The lowest BCUT2D eigenvalue weighted by Crippen LogP contribution is -2.73. The third-order valence-electron chi connectivity index (χ3n) is 8.36. The maximum atomic E-state index is 13.5. The number of amides is 3. The number of hydrogen-bond donors (Lipinski definition) is 1. The topological polar surface area (TPSA) is 111 Å². The molecule has 45 heavy (non-hydrogen) atoms. The molecule has 1 N–H and O–H groups in total. The number of nitrogens with zero attached hydrogens (tertiary/aromatic N) is 1. The Bertz CT molecular complexity index is 1470. The Kier molecular flexibility index (Phi) is 11.0. The third-order valence-corrected chi connectivity index (χ3v) is 8.36. The van der Waals surface area contributed by atoms with Crippen LogP contribution in [0, 0.1) is 12.3 Å². The molecule has 1 aliphatic heterocycles. The molecule has 0 unspecified atom stereocenters. The van der Waals surface area contributed by atoms with Gasteiger partial charge in [0.2, 0.25) is 5.91 Å². The maximum absolute atomic E-state index is 13.5. The second-order valence-corrected chi connectivity index (χ2v) is 11.4. The van der Waals surface area contributed by atoms with E-state index >= 15 is 0 Å². The quantitative estimate of drug-likeness (QED) is 0.165. The molecule has 1 aliphatic rings. The highest BCUT2D eigenvalue weighted by Gasteiger charge is 2.63. The summed E-state index contributed by atoms with van der Waals surface area (Å²) in [6.45, 7) is 9.40. The van der Waals surface area contributed by atoms with Gasteiger partial charge in [-0.1, -0.05) is 87.4 Å². The van der Waals surface area contributed by atoms with Gasteiger partial charge in [0, 0.05) is 0 Å². The number of imide groups is 1. The van der Waals surface area contributed by atoms with Crippen LogP contribution in [-0.4, -0.2) is 41.1 Å². The lowest BCUT2D eigenvalue weighted by atomic mass is 9.72. The molecule has 3 amide bonds. The van der Waals surface area contributed by atoms with Gasteiger partial charge in [-0.2, -0.15) is 0 Å². The third kappa shape index (κ3) is 7.53. The van der Waals surface area contributed by atoms with Crippen molar-refractivity contribution in [2.45, 2.75) is 85.3 Å². The van der Waals surface area contributed by atoms with Crippen molar-refractivity contribution in [2.75, 3.05) is 0 Å². The molecule has 9 heteroatoms. The maximum Gasteiger partial charge on any atom is 0.347 e. The second kappa shape index (κ2) is 14.9. The molecule has 0 aromatic heterocycles. The van der Waals surface area contributed by atoms with Crippen molar-refractivity contribution in [1.29, 1.82) is 0 Å². The lowest BCUT2D eigenvalue weighted by Gasteiger charge is -2.53. The normalized spacial score (nSPS) is 16.6. The fourth-order valence-electron chi connectivity index (χ4n) is 5.45. The van der Waals surface area contributed by atoms with E-state index in [9.17, 15) is 19.2 Å². The Labute approximate surface area is 264 Å². The number of esters is 2. The summed E-state index contributed by atoms with van der Waals surface area (Å²) in [6.07, 6.45) is 0.638. The zero-order valence-corrected chi connectivity index (χ0v) is 26.6. The SMILES string of the molecule is CCC[C@H](NC(=O)N1C(=O)C(CC)(CC)[C@@H]1Oc1ccc(C(=O)O[C@@H](C)C(=O)OCc2ccccc2)cc1)c1ccc(C)cc1. The molecule has 3 aromatic rings. The predicted molar refractivity (Wildman–Crippen MR) is 169 cm³/mol. The molecule has 0 saturated carbocycles. The Morgan fingerprint density at radius 1 is 0.911 bits per heavy atom. The van der Waals surface area contributed by atoms with Crippen LogP contribution in [-0.2, 0) is 25.7 Å². The van der Waals surface area contributed by atoms with Crippen LogP contribution < -0.4 is 10.1 Å². The summed E-state index contributed by atoms with van der Waals surface area (Å²) in [4.78, 5) is 53.2. The minimum absolute atomic E-state index is 0.0779. The number of benzene rings is 3. The van der Waals surface area contributed by atoms with E-state index in [-0.39, 0.29) is 24.1 Å². The van der Waals surface area contributed by atoms with Gasteiger partial charge in [0.15, 0.2) is 12.3 Å². The van der Waals surface area contributed by atoms with Gasteiger partial charge < -0.3 is 19.5 Å². The predicted octanol–water partition coefficient (Wildman–Crippen LogP) is 6.89. The summed E-state index contributed by atoms with van der Waals surface area (Å²) in [5.74, 6) is -1.24. The Morgan fingerprint density at radius 3 is 2.16 bits per heavy atom. The van der Waals surface area contributed by atoms with E-state index in [2.05, 4.69) is 5.32 Å². The van der Waals surface area contributed by atoms with Crippen molar-refractivity contribution in [1.82, 2.24) is 10.2 Å². The molecule has 4 rings (SSSR count). The minimum Gasteiger partial charge on any atom is -0.469 e. The van der Waals surface area contributed by atoms with Crippen LogP contribution in [0.4, 0.5) is 4.79 Å². The van der Waals surface area contributed by atoms with Gasteiger partial charge >= 0.3 is 18.0 Å². The molecule has 1 saturated heterocycles.